The quantitative estimate of drug-likeness (QED) is 0.844. The van der Waals surface area contributed by atoms with Crippen LogP contribution in [-0.4, -0.2) is 47.0 Å². The lowest BCUT2D eigenvalue weighted by molar-refractivity contribution is -0.127. The molecule has 1 aliphatic rings. The first kappa shape index (κ1) is 16.2. The van der Waals surface area contributed by atoms with Crippen LogP contribution in [0.25, 0.3) is 0 Å². The molecule has 0 spiro atoms. The molecule has 1 amide bonds. The van der Waals surface area contributed by atoms with Gasteiger partial charge in [-0.25, -0.2) is 9.97 Å². The predicted octanol–water partition coefficient (Wildman–Crippen LogP) is 2.13. The van der Waals surface area contributed by atoms with Crippen LogP contribution in [-0.2, 0) is 11.2 Å². The van der Waals surface area contributed by atoms with Crippen LogP contribution in [0.15, 0.2) is 42.7 Å². The minimum absolute atomic E-state index is 0.0776. The third kappa shape index (κ3) is 4.22. The van der Waals surface area contributed by atoms with Crippen molar-refractivity contribution in [2.45, 2.75) is 25.3 Å². The van der Waals surface area contributed by atoms with E-state index in [0.717, 1.165) is 19.4 Å². The van der Waals surface area contributed by atoms with E-state index in [0.29, 0.717) is 24.7 Å². The molecule has 1 saturated heterocycles. The number of nitrogens with one attached hydrogen (secondary N) is 1. The Bertz CT molecular complexity index is 678. The summed E-state index contributed by atoms with van der Waals surface area (Å²) in [5, 5.41) is 3.29. The largest absolute Gasteiger partial charge is 0.481 e. The molecule has 2 heterocycles. The molecule has 1 fully saturated rings. The van der Waals surface area contributed by atoms with Gasteiger partial charge in [-0.15, -0.1) is 0 Å². The SMILES string of the molecule is COc1cc(N[C@H]2CC(=O)N(CCCc3ccccc3)C2)ncn1. The molecule has 1 atom stereocenters. The Morgan fingerprint density at radius 3 is 2.92 bits per heavy atom. The molecule has 6 nitrogen and oxygen atoms in total. The van der Waals surface area contributed by atoms with Gasteiger partial charge in [-0.2, -0.15) is 0 Å². The van der Waals surface area contributed by atoms with Gasteiger partial charge in [0.25, 0.3) is 0 Å². The maximum absolute atomic E-state index is 12.2. The number of benzene rings is 1. The van der Waals surface area contributed by atoms with Crippen LogP contribution in [0.1, 0.15) is 18.4 Å². The predicted molar refractivity (Wildman–Crippen MR) is 92.0 cm³/mol. The summed E-state index contributed by atoms with van der Waals surface area (Å²) >= 11 is 0. The van der Waals surface area contributed by atoms with Gasteiger partial charge in [0.15, 0.2) is 0 Å². The Kier molecular flexibility index (Phi) is 5.25. The number of likely N-dealkylation sites (tertiary alicyclic amines) is 1. The van der Waals surface area contributed by atoms with E-state index in [1.807, 2.05) is 23.1 Å². The van der Waals surface area contributed by atoms with Crippen molar-refractivity contribution in [3.05, 3.63) is 48.3 Å². The maximum atomic E-state index is 12.2. The molecule has 0 bridgehead atoms. The van der Waals surface area contributed by atoms with Crippen molar-refractivity contribution < 1.29 is 9.53 Å². The normalized spacial score (nSPS) is 17.1. The Hall–Kier alpha value is -2.63. The molecule has 0 aliphatic carbocycles. The summed E-state index contributed by atoms with van der Waals surface area (Å²) in [6, 6.07) is 12.2. The highest BCUT2D eigenvalue weighted by Crippen LogP contribution is 2.18. The first-order valence-corrected chi connectivity index (χ1v) is 8.19. The average Bonchev–Trinajstić information content (AvgIpc) is 2.95. The number of methoxy groups -OCH3 is 1. The number of hydrogen-bond acceptors (Lipinski definition) is 5. The van der Waals surface area contributed by atoms with E-state index in [1.165, 1.54) is 11.9 Å². The summed E-state index contributed by atoms with van der Waals surface area (Å²) in [7, 11) is 1.57. The summed E-state index contributed by atoms with van der Waals surface area (Å²) in [5.41, 5.74) is 1.31. The minimum atomic E-state index is 0.0776. The van der Waals surface area contributed by atoms with Crippen molar-refractivity contribution in [3.63, 3.8) is 0 Å². The zero-order valence-electron chi connectivity index (χ0n) is 13.8. The van der Waals surface area contributed by atoms with Crippen LogP contribution in [0, 0.1) is 0 Å². The fourth-order valence-electron chi connectivity index (χ4n) is 2.94. The van der Waals surface area contributed by atoms with Gasteiger partial charge in [0.2, 0.25) is 11.8 Å². The van der Waals surface area contributed by atoms with E-state index < -0.39 is 0 Å². The van der Waals surface area contributed by atoms with Crippen molar-refractivity contribution in [2.75, 3.05) is 25.5 Å². The number of ether oxygens (including phenoxy) is 1. The van der Waals surface area contributed by atoms with Crippen molar-refractivity contribution in [1.29, 1.82) is 0 Å². The highest BCUT2D eigenvalue weighted by atomic mass is 16.5. The monoisotopic (exact) mass is 326 g/mol. The van der Waals surface area contributed by atoms with Crippen molar-refractivity contribution >= 4 is 11.7 Å². The lowest BCUT2D eigenvalue weighted by atomic mass is 10.1. The number of carbonyl (C=O) groups excluding carboxylic acids is 1. The Labute approximate surface area is 141 Å². The average molecular weight is 326 g/mol. The van der Waals surface area contributed by atoms with Gasteiger partial charge in [-0.1, -0.05) is 30.3 Å². The molecule has 2 aromatic rings. The molecule has 1 aliphatic heterocycles. The molecule has 3 rings (SSSR count). The summed E-state index contributed by atoms with van der Waals surface area (Å²) in [4.78, 5) is 22.3. The molecule has 126 valence electrons. The fourth-order valence-corrected chi connectivity index (χ4v) is 2.94. The smallest absolute Gasteiger partial charge is 0.224 e. The lowest BCUT2D eigenvalue weighted by Gasteiger charge is -2.17. The van der Waals surface area contributed by atoms with E-state index in [1.54, 1.807) is 13.2 Å². The Balaban J connectivity index is 1.48. The number of nitrogens with zero attached hydrogens (tertiary/aromatic N) is 3. The highest BCUT2D eigenvalue weighted by Gasteiger charge is 2.29. The number of hydrogen-bond donors (Lipinski definition) is 1. The number of amides is 1. The van der Waals surface area contributed by atoms with E-state index >= 15 is 0 Å². The number of anilines is 1. The number of aromatic nitrogens is 2. The van der Waals surface area contributed by atoms with Crippen LogP contribution in [0.5, 0.6) is 5.88 Å². The Morgan fingerprint density at radius 2 is 2.12 bits per heavy atom. The molecule has 6 heteroatoms. The highest BCUT2D eigenvalue weighted by molar-refractivity contribution is 5.80. The fraction of sp³-hybridized carbons (Fsp3) is 0.389. The van der Waals surface area contributed by atoms with Crippen LogP contribution in [0.2, 0.25) is 0 Å². The molecule has 0 saturated carbocycles. The number of rotatable bonds is 7. The van der Waals surface area contributed by atoms with Gasteiger partial charge in [-0.05, 0) is 18.4 Å². The molecule has 1 aromatic carbocycles. The molecule has 0 radical (unpaired) electrons. The summed E-state index contributed by atoms with van der Waals surface area (Å²) < 4.78 is 5.09. The maximum Gasteiger partial charge on any atom is 0.224 e. The molecule has 24 heavy (non-hydrogen) atoms. The topological polar surface area (TPSA) is 67.3 Å². The van der Waals surface area contributed by atoms with E-state index in [4.69, 9.17) is 4.74 Å². The van der Waals surface area contributed by atoms with Crippen LogP contribution < -0.4 is 10.1 Å². The van der Waals surface area contributed by atoms with Crippen molar-refractivity contribution in [3.8, 4) is 5.88 Å². The van der Waals surface area contributed by atoms with Crippen molar-refractivity contribution in [2.24, 2.45) is 0 Å². The number of aryl methyl sites for hydroxylation is 1. The second-order valence-electron chi connectivity index (χ2n) is 5.92. The van der Waals surface area contributed by atoms with Gasteiger partial charge in [0.05, 0.1) is 13.2 Å². The van der Waals surface area contributed by atoms with E-state index in [9.17, 15) is 4.79 Å². The lowest BCUT2D eigenvalue weighted by Crippen LogP contribution is -2.29. The second kappa shape index (κ2) is 7.77. The van der Waals surface area contributed by atoms with E-state index in [-0.39, 0.29) is 11.9 Å². The zero-order chi connectivity index (χ0) is 16.8. The van der Waals surface area contributed by atoms with Gasteiger partial charge in [0.1, 0.15) is 12.1 Å². The van der Waals surface area contributed by atoms with Crippen LogP contribution >= 0.6 is 0 Å². The Morgan fingerprint density at radius 1 is 1.29 bits per heavy atom. The molecular weight excluding hydrogens is 304 g/mol. The first-order chi connectivity index (χ1) is 11.7. The molecule has 1 aromatic heterocycles. The third-order valence-corrected chi connectivity index (χ3v) is 4.15. The van der Waals surface area contributed by atoms with Crippen LogP contribution in [0.3, 0.4) is 0 Å². The summed E-state index contributed by atoms with van der Waals surface area (Å²) in [6.07, 6.45) is 3.92. The van der Waals surface area contributed by atoms with Gasteiger partial charge in [0, 0.05) is 25.6 Å². The zero-order valence-corrected chi connectivity index (χ0v) is 13.8. The third-order valence-electron chi connectivity index (χ3n) is 4.15. The molecule has 0 unspecified atom stereocenters. The minimum Gasteiger partial charge on any atom is -0.481 e. The molecular formula is C18H22N4O2. The first-order valence-electron chi connectivity index (χ1n) is 8.19. The second-order valence-corrected chi connectivity index (χ2v) is 5.92. The van der Waals surface area contributed by atoms with Gasteiger partial charge >= 0.3 is 0 Å². The number of carbonyl (C=O) groups is 1. The molecule has 1 N–H and O–H groups in total. The van der Waals surface area contributed by atoms with Gasteiger partial charge < -0.3 is 15.0 Å². The van der Waals surface area contributed by atoms with E-state index in [2.05, 4.69) is 27.4 Å². The van der Waals surface area contributed by atoms with Crippen LogP contribution in [0.4, 0.5) is 5.82 Å². The summed E-state index contributed by atoms with van der Waals surface area (Å²) in [5.74, 6) is 1.39. The summed E-state index contributed by atoms with van der Waals surface area (Å²) in [6.45, 7) is 1.50. The van der Waals surface area contributed by atoms with Gasteiger partial charge in [-0.3, -0.25) is 4.79 Å². The standard InChI is InChI=1S/C18H22N4O2/c1-24-17-11-16(19-13-20-17)21-15-10-18(23)22(12-15)9-5-8-14-6-3-2-4-7-14/h2-4,6-7,11,13,15H,5,8-10,12H2,1H3,(H,19,20,21)/t15-/m0/s1. The van der Waals surface area contributed by atoms with Crippen molar-refractivity contribution in [1.82, 2.24) is 14.9 Å².